The van der Waals surface area contributed by atoms with Gasteiger partial charge in [-0.25, -0.2) is 4.98 Å². The summed E-state index contributed by atoms with van der Waals surface area (Å²) in [5.41, 5.74) is 4.00. The Hall–Kier alpha value is -2.53. The van der Waals surface area contributed by atoms with Crippen LogP contribution < -0.4 is 5.56 Å². The zero-order chi connectivity index (χ0) is 18.3. The van der Waals surface area contributed by atoms with Crippen molar-refractivity contribution >= 4 is 33.8 Å². The lowest BCUT2D eigenvalue weighted by atomic mass is 9.87. The molecule has 26 heavy (non-hydrogen) atoms. The van der Waals surface area contributed by atoms with E-state index in [4.69, 9.17) is 4.42 Å². The van der Waals surface area contributed by atoms with E-state index in [1.165, 1.54) is 22.9 Å². The average Bonchev–Trinajstić information content (AvgIpc) is 2.99. The van der Waals surface area contributed by atoms with Crippen LogP contribution in [-0.2, 0) is 11.2 Å². The molecule has 1 N–H and O–H groups in total. The summed E-state index contributed by atoms with van der Waals surface area (Å²) in [6.07, 6.45) is 0. The number of fused-ring (bicyclic) bond motifs is 3. The van der Waals surface area contributed by atoms with Gasteiger partial charge in [-0.05, 0) is 28.7 Å². The molecule has 4 nitrogen and oxygen atoms in total. The summed E-state index contributed by atoms with van der Waals surface area (Å²) in [6, 6.07) is 16.2. The molecule has 0 fully saturated rings. The molecule has 2 heterocycles. The number of thioether (sulfide) groups is 1. The van der Waals surface area contributed by atoms with Crippen molar-refractivity contribution in [3.63, 3.8) is 0 Å². The molecule has 132 valence electrons. The Bertz CT molecular complexity index is 1130. The van der Waals surface area contributed by atoms with Gasteiger partial charge in [-0.15, -0.1) is 0 Å². The molecule has 0 atom stereocenters. The Morgan fingerprint density at radius 1 is 1.08 bits per heavy atom. The summed E-state index contributed by atoms with van der Waals surface area (Å²) in [4.78, 5) is 19.8. The SMILES string of the molecule is CC(C)(C)c1ccc(CSc2nc3c(oc4ccccc43)c(=O)[nH]2)cc1. The highest BCUT2D eigenvalue weighted by Gasteiger charge is 2.14. The van der Waals surface area contributed by atoms with E-state index in [2.05, 4.69) is 55.0 Å². The van der Waals surface area contributed by atoms with Gasteiger partial charge in [0, 0.05) is 11.1 Å². The first-order valence-electron chi connectivity index (χ1n) is 8.55. The number of H-pyrrole nitrogens is 1. The molecule has 2 aromatic carbocycles. The van der Waals surface area contributed by atoms with E-state index >= 15 is 0 Å². The summed E-state index contributed by atoms with van der Waals surface area (Å²) < 4.78 is 5.63. The Balaban J connectivity index is 1.61. The van der Waals surface area contributed by atoms with Crippen LogP contribution in [0.1, 0.15) is 31.9 Å². The summed E-state index contributed by atoms with van der Waals surface area (Å²) in [6.45, 7) is 6.61. The smallest absolute Gasteiger partial charge is 0.295 e. The van der Waals surface area contributed by atoms with E-state index in [1.807, 2.05) is 24.3 Å². The van der Waals surface area contributed by atoms with Crippen LogP contribution in [0.4, 0.5) is 0 Å². The molecule has 4 rings (SSSR count). The molecular formula is C21H20N2O2S. The van der Waals surface area contributed by atoms with Crippen molar-refractivity contribution in [2.75, 3.05) is 0 Å². The van der Waals surface area contributed by atoms with Gasteiger partial charge >= 0.3 is 0 Å². The van der Waals surface area contributed by atoms with Crippen LogP contribution in [-0.4, -0.2) is 9.97 Å². The van der Waals surface area contributed by atoms with Gasteiger partial charge in [0.25, 0.3) is 5.56 Å². The highest BCUT2D eigenvalue weighted by molar-refractivity contribution is 7.98. The van der Waals surface area contributed by atoms with Crippen molar-refractivity contribution in [1.82, 2.24) is 9.97 Å². The normalized spacial score (nSPS) is 12.1. The standard InChI is InChI=1S/C21H20N2O2S/c1-21(2,3)14-10-8-13(9-11-14)12-26-20-22-17-15-6-4-5-7-16(15)25-18(17)19(24)23-20/h4-11H,12H2,1-3H3,(H,22,23,24). The summed E-state index contributed by atoms with van der Waals surface area (Å²) in [5.74, 6) is 0.745. The fraction of sp³-hybridized carbons (Fsp3) is 0.238. The Labute approximate surface area is 155 Å². The summed E-state index contributed by atoms with van der Waals surface area (Å²) >= 11 is 1.52. The van der Waals surface area contributed by atoms with Gasteiger partial charge in [0.2, 0.25) is 5.58 Å². The second-order valence-corrected chi connectivity index (χ2v) is 8.35. The van der Waals surface area contributed by atoms with Gasteiger partial charge in [0.05, 0.1) is 0 Å². The fourth-order valence-electron chi connectivity index (χ4n) is 2.90. The minimum Gasteiger partial charge on any atom is -0.449 e. The van der Waals surface area contributed by atoms with E-state index < -0.39 is 0 Å². The molecule has 5 heteroatoms. The maximum atomic E-state index is 12.3. The second kappa shape index (κ2) is 6.32. The maximum Gasteiger partial charge on any atom is 0.295 e. The van der Waals surface area contributed by atoms with Gasteiger partial charge in [0.15, 0.2) is 5.16 Å². The van der Waals surface area contributed by atoms with E-state index in [9.17, 15) is 4.79 Å². The highest BCUT2D eigenvalue weighted by atomic mass is 32.2. The maximum absolute atomic E-state index is 12.3. The van der Waals surface area contributed by atoms with Crippen LogP contribution in [0.5, 0.6) is 0 Å². The van der Waals surface area contributed by atoms with E-state index in [-0.39, 0.29) is 16.6 Å². The number of nitrogens with zero attached hydrogens (tertiary/aromatic N) is 1. The third kappa shape index (κ3) is 3.15. The highest BCUT2D eigenvalue weighted by Crippen LogP contribution is 2.28. The molecule has 0 saturated heterocycles. The molecule has 0 bridgehead atoms. The molecule has 4 aromatic rings. The lowest BCUT2D eigenvalue weighted by molar-refractivity contribution is 0.590. The molecule has 0 spiro atoms. The predicted molar refractivity (Wildman–Crippen MR) is 107 cm³/mol. The van der Waals surface area contributed by atoms with Crippen molar-refractivity contribution in [3.8, 4) is 0 Å². The third-order valence-corrected chi connectivity index (χ3v) is 5.35. The first-order valence-corrected chi connectivity index (χ1v) is 9.54. The number of aromatic nitrogens is 2. The van der Waals surface area contributed by atoms with E-state index in [1.54, 1.807) is 0 Å². The third-order valence-electron chi connectivity index (χ3n) is 4.40. The number of benzene rings is 2. The van der Waals surface area contributed by atoms with Gasteiger partial charge in [0.1, 0.15) is 11.1 Å². The Kier molecular flexibility index (Phi) is 4.11. The predicted octanol–water partition coefficient (Wildman–Crippen LogP) is 5.26. The van der Waals surface area contributed by atoms with Gasteiger partial charge in [-0.1, -0.05) is 68.9 Å². The second-order valence-electron chi connectivity index (χ2n) is 7.38. The topological polar surface area (TPSA) is 58.9 Å². The molecule has 2 aromatic heterocycles. The fourth-order valence-corrected chi connectivity index (χ4v) is 3.72. The zero-order valence-corrected chi connectivity index (χ0v) is 15.8. The summed E-state index contributed by atoms with van der Waals surface area (Å²) in [7, 11) is 0. The number of hydrogen-bond acceptors (Lipinski definition) is 4. The quantitative estimate of drug-likeness (QED) is 0.398. The van der Waals surface area contributed by atoms with Crippen molar-refractivity contribution < 1.29 is 4.42 Å². The van der Waals surface area contributed by atoms with Crippen LogP contribution in [0, 0.1) is 0 Å². The number of rotatable bonds is 3. The van der Waals surface area contributed by atoms with Crippen LogP contribution in [0.2, 0.25) is 0 Å². The molecule has 0 aliphatic rings. The number of hydrogen-bond donors (Lipinski definition) is 1. The van der Waals surface area contributed by atoms with Crippen LogP contribution in [0.3, 0.4) is 0 Å². The van der Waals surface area contributed by atoms with Crippen molar-refractivity contribution in [2.45, 2.75) is 37.1 Å². The van der Waals surface area contributed by atoms with Crippen molar-refractivity contribution in [3.05, 3.63) is 70.0 Å². The van der Waals surface area contributed by atoms with Gasteiger partial charge in [-0.2, -0.15) is 0 Å². The number of aromatic amines is 1. The minimum atomic E-state index is -0.239. The van der Waals surface area contributed by atoms with Crippen LogP contribution >= 0.6 is 11.8 Å². The molecule has 0 amide bonds. The van der Waals surface area contributed by atoms with Crippen LogP contribution in [0.15, 0.2) is 62.9 Å². The molecule has 0 saturated carbocycles. The van der Waals surface area contributed by atoms with Crippen LogP contribution in [0.25, 0.3) is 22.1 Å². The molecular weight excluding hydrogens is 344 g/mol. The Morgan fingerprint density at radius 2 is 1.81 bits per heavy atom. The first kappa shape index (κ1) is 16.9. The largest absolute Gasteiger partial charge is 0.449 e. The Morgan fingerprint density at radius 3 is 2.54 bits per heavy atom. The van der Waals surface area contributed by atoms with Crippen molar-refractivity contribution in [1.29, 1.82) is 0 Å². The minimum absolute atomic E-state index is 0.145. The molecule has 0 unspecified atom stereocenters. The molecule has 0 aliphatic carbocycles. The molecule has 0 aliphatic heterocycles. The van der Waals surface area contributed by atoms with E-state index in [0.29, 0.717) is 16.3 Å². The lowest BCUT2D eigenvalue weighted by Gasteiger charge is -2.19. The van der Waals surface area contributed by atoms with E-state index in [0.717, 1.165) is 11.1 Å². The summed E-state index contributed by atoms with van der Waals surface area (Å²) in [5, 5.41) is 1.47. The van der Waals surface area contributed by atoms with Crippen molar-refractivity contribution in [2.24, 2.45) is 0 Å². The lowest BCUT2D eigenvalue weighted by Crippen LogP contribution is -2.10. The number of nitrogens with one attached hydrogen (secondary N) is 1. The first-order chi connectivity index (χ1) is 12.4. The monoisotopic (exact) mass is 364 g/mol. The number of furan rings is 1. The van der Waals surface area contributed by atoms with Gasteiger partial charge < -0.3 is 4.42 Å². The zero-order valence-electron chi connectivity index (χ0n) is 15.0. The average molecular weight is 364 g/mol. The molecule has 0 radical (unpaired) electrons. The van der Waals surface area contributed by atoms with Gasteiger partial charge in [-0.3, -0.25) is 9.78 Å². The number of para-hydroxylation sites is 1.